The van der Waals surface area contributed by atoms with E-state index in [0.717, 1.165) is 28.6 Å². The van der Waals surface area contributed by atoms with Crippen LogP contribution in [-0.4, -0.2) is 26.4 Å². The molecule has 0 aliphatic carbocycles. The molecule has 0 unspecified atom stereocenters. The molecule has 4 rings (SSSR count). The van der Waals surface area contributed by atoms with Gasteiger partial charge in [0.1, 0.15) is 5.58 Å². The van der Waals surface area contributed by atoms with Crippen molar-refractivity contribution in [2.75, 3.05) is 11.1 Å². The molecule has 0 aliphatic heterocycles. The second-order valence-electron chi connectivity index (χ2n) is 6.69. The summed E-state index contributed by atoms with van der Waals surface area (Å²) >= 11 is 7.42. The lowest BCUT2D eigenvalue weighted by Gasteiger charge is -2.09. The maximum absolute atomic E-state index is 12.5. The number of rotatable bonds is 7. The molecule has 8 heteroatoms. The second kappa shape index (κ2) is 8.93. The van der Waals surface area contributed by atoms with Gasteiger partial charge in [-0.25, -0.2) is 0 Å². The Kier molecular flexibility index (Phi) is 6.11. The van der Waals surface area contributed by atoms with Gasteiger partial charge in [0.25, 0.3) is 0 Å². The molecule has 0 atom stereocenters. The van der Waals surface area contributed by atoms with Crippen LogP contribution >= 0.6 is 23.4 Å². The van der Waals surface area contributed by atoms with Crippen LogP contribution in [0.4, 0.5) is 5.69 Å². The van der Waals surface area contributed by atoms with Gasteiger partial charge in [0, 0.05) is 22.6 Å². The van der Waals surface area contributed by atoms with Gasteiger partial charge >= 0.3 is 0 Å². The fourth-order valence-corrected chi connectivity index (χ4v) is 4.24. The van der Waals surface area contributed by atoms with E-state index in [2.05, 4.69) is 22.4 Å². The van der Waals surface area contributed by atoms with Crippen molar-refractivity contribution in [1.82, 2.24) is 14.8 Å². The summed E-state index contributed by atoms with van der Waals surface area (Å²) in [4.78, 5) is 12.5. The van der Waals surface area contributed by atoms with Crippen LogP contribution in [0.25, 0.3) is 22.6 Å². The fraction of sp³-hybridized carbons (Fsp3) is 0.227. The first kappa shape index (κ1) is 20.5. The normalized spacial score (nSPS) is 11.2. The second-order valence-corrected chi connectivity index (χ2v) is 8.07. The highest BCUT2D eigenvalue weighted by molar-refractivity contribution is 7.99. The summed E-state index contributed by atoms with van der Waals surface area (Å²) < 4.78 is 7.87. The summed E-state index contributed by atoms with van der Waals surface area (Å²) in [6.07, 6.45) is 0.861. The number of anilines is 1. The minimum absolute atomic E-state index is 0.0773. The predicted octanol–water partition coefficient (Wildman–Crippen LogP) is 5.66. The number of carbonyl (C=O) groups excluding carboxylic acids is 1. The van der Waals surface area contributed by atoms with Gasteiger partial charge in [0.2, 0.25) is 11.7 Å². The molecule has 6 nitrogen and oxygen atoms in total. The van der Waals surface area contributed by atoms with Crippen LogP contribution in [0.5, 0.6) is 0 Å². The number of hydrogen-bond acceptors (Lipinski definition) is 5. The number of hydrogen-bond donors (Lipinski definition) is 1. The number of thioether (sulfide) groups is 1. The number of benzene rings is 2. The zero-order chi connectivity index (χ0) is 21.1. The van der Waals surface area contributed by atoms with Gasteiger partial charge < -0.3 is 9.73 Å². The molecule has 2 heterocycles. The number of nitrogens with one attached hydrogen (secondary N) is 1. The number of aryl methyl sites for hydroxylation is 1. The van der Waals surface area contributed by atoms with Crippen molar-refractivity contribution in [3.8, 4) is 11.6 Å². The van der Waals surface area contributed by atoms with Gasteiger partial charge in [-0.2, -0.15) is 0 Å². The Balaban J connectivity index is 1.50. The third-order valence-electron chi connectivity index (χ3n) is 4.74. The molecule has 2 aromatic carbocycles. The topological polar surface area (TPSA) is 73.0 Å². The van der Waals surface area contributed by atoms with Crippen LogP contribution in [0.2, 0.25) is 5.02 Å². The average Bonchev–Trinajstić information content (AvgIpc) is 3.35. The molecule has 0 spiro atoms. The van der Waals surface area contributed by atoms with E-state index in [1.165, 1.54) is 11.8 Å². The number of nitrogens with zero attached hydrogens (tertiary/aromatic N) is 3. The molecule has 2 aromatic heterocycles. The quantitative estimate of drug-likeness (QED) is 0.375. The minimum Gasteiger partial charge on any atom is -0.453 e. The molecule has 0 radical (unpaired) electrons. The Morgan fingerprint density at radius 1 is 1.17 bits per heavy atom. The molecule has 0 saturated carbocycles. The van der Waals surface area contributed by atoms with Gasteiger partial charge in [-0.3, -0.25) is 9.36 Å². The fourth-order valence-electron chi connectivity index (χ4n) is 3.25. The van der Waals surface area contributed by atoms with Crippen molar-refractivity contribution in [3.05, 3.63) is 59.1 Å². The molecule has 0 saturated heterocycles. The van der Waals surface area contributed by atoms with Crippen molar-refractivity contribution in [1.29, 1.82) is 0 Å². The number of carbonyl (C=O) groups is 1. The van der Waals surface area contributed by atoms with Crippen LogP contribution in [0.1, 0.15) is 19.4 Å². The lowest BCUT2D eigenvalue weighted by Crippen LogP contribution is -2.15. The summed E-state index contributed by atoms with van der Waals surface area (Å²) in [5, 5.41) is 13.8. The largest absolute Gasteiger partial charge is 0.453 e. The molecule has 30 heavy (non-hydrogen) atoms. The third-order valence-corrected chi connectivity index (χ3v) is 5.94. The first-order valence-electron chi connectivity index (χ1n) is 9.72. The molecular formula is C22H21ClN4O2S. The van der Waals surface area contributed by atoms with E-state index in [1.807, 2.05) is 54.0 Å². The van der Waals surface area contributed by atoms with Crippen molar-refractivity contribution < 1.29 is 9.21 Å². The number of fused-ring (bicyclic) bond motifs is 1. The number of amides is 1. The van der Waals surface area contributed by atoms with Crippen LogP contribution in [0, 0.1) is 0 Å². The van der Waals surface area contributed by atoms with Gasteiger partial charge in [-0.05, 0) is 49.2 Å². The molecule has 4 aromatic rings. The highest BCUT2D eigenvalue weighted by Crippen LogP contribution is 2.30. The Morgan fingerprint density at radius 3 is 2.80 bits per heavy atom. The van der Waals surface area contributed by atoms with Crippen molar-refractivity contribution >= 4 is 45.9 Å². The van der Waals surface area contributed by atoms with Crippen LogP contribution in [0.3, 0.4) is 0 Å². The highest BCUT2D eigenvalue weighted by atomic mass is 35.5. The maximum atomic E-state index is 12.5. The Labute approximate surface area is 183 Å². The Morgan fingerprint density at radius 2 is 2.00 bits per heavy atom. The monoisotopic (exact) mass is 440 g/mol. The van der Waals surface area contributed by atoms with Crippen molar-refractivity contribution in [2.45, 2.75) is 32.0 Å². The first-order valence-corrected chi connectivity index (χ1v) is 11.1. The number of aromatic nitrogens is 3. The highest BCUT2D eigenvalue weighted by Gasteiger charge is 2.18. The molecule has 0 fully saturated rings. The smallest absolute Gasteiger partial charge is 0.234 e. The maximum Gasteiger partial charge on any atom is 0.234 e. The summed E-state index contributed by atoms with van der Waals surface area (Å²) in [5.74, 6) is 1.41. The van der Waals surface area contributed by atoms with Crippen LogP contribution in [-0.2, 0) is 17.8 Å². The van der Waals surface area contributed by atoms with Crippen molar-refractivity contribution in [3.63, 3.8) is 0 Å². The van der Waals surface area contributed by atoms with Gasteiger partial charge in [0.05, 0.1) is 5.75 Å². The van der Waals surface area contributed by atoms with Gasteiger partial charge in [0.15, 0.2) is 10.9 Å². The zero-order valence-electron chi connectivity index (χ0n) is 16.7. The minimum atomic E-state index is -0.0773. The van der Waals surface area contributed by atoms with E-state index < -0.39 is 0 Å². The van der Waals surface area contributed by atoms with Crippen LogP contribution < -0.4 is 5.32 Å². The Hall–Kier alpha value is -2.77. The van der Waals surface area contributed by atoms with Crippen molar-refractivity contribution in [2.24, 2.45) is 0 Å². The zero-order valence-corrected chi connectivity index (χ0v) is 18.3. The number of halogens is 1. The summed E-state index contributed by atoms with van der Waals surface area (Å²) in [7, 11) is 0. The predicted molar refractivity (Wildman–Crippen MR) is 121 cm³/mol. The summed E-state index contributed by atoms with van der Waals surface area (Å²) in [5.41, 5.74) is 2.70. The lowest BCUT2D eigenvalue weighted by molar-refractivity contribution is -0.113. The van der Waals surface area contributed by atoms with E-state index >= 15 is 0 Å². The molecule has 154 valence electrons. The number of para-hydroxylation sites is 1. The molecule has 0 bridgehead atoms. The van der Waals surface area contributed by atoms with E-state index in [9.17, 15) is 4.79 Å². The molecule has 1 N–H and O–H groups in total. The molecule has 0 aliphatic rings. The lowest BCUT2D eigenvalue weighted by atomic mass is 10.1. The van der Waals surface area contributed by atoms with Gasteiger partial charge in [-0.1, -0.05) is 48.5 Å². The van der Waals surface area contributed by atoms with E-state index in [4.69, 9.17) is 16.0 Å². The Bertz CT molecular complexity index is 1200. The van der Waals surface area contributed by atoms with E-state index in [1.54, 1.807) is 6.07 Å². The standard InChI is InChI=1S/C22H21ClN4O2S/c1-3-14-7-5-6-8-17(14)24-20(28)13-30-22-26-25-21(27(22)4-2)19-12-15-11-16(23)9-10-18(15)29-19/h5-12H,3-4,13H2,1-2H3,(H,24,28). The first-order chi connectivity index (χ1) is 14.6. The average molecular weight is 441 g/mol. The SMILES string of the molecule is CCc1ccccc1NC(=O)CSc1nnc(-c2cc3cc(Cl)ccc3o2)n1CC. The summed E-state index contributed by atoms with van der Waals surface area (Å²) in [6.45, 7) is 4.73. The third kappa shape index (κ3) is 4.22. The van der Waals surface area contributed by atoms with Crippen LogP contribution in [0.15, 0.2) is 58.1 Å². The summed E-state index contributed by atoms with van der Waals surface area (Å²) in [6, 6.07) is 15.2. The van der Waals surface area contributed by atoms with E-state index in [-0.39, 0.29) is 11.7 Å². The molecule has 1 amide bonds. The van der Waals surface area contributed by atoms with E-state index in [0.29, 0.717) is 28.3 Å². The molecular weight excluding hydrogens is 420 g/mol. The number of furan rings is 1. The van der Waals surface area contributed by atoms with Gasteiger partial charge in [-0.15, -0.1) is 10.2 Å².